The summed E-state index contributed by atoms with van der Waals surface area (Å²) in [6.07, 6.45) is 12.5. The van der Waals surface area contributed by atoms with Crippen LogP contribution in [0.3, 0.4) is 0 Å². The molecule has 4 saturated carbocycles. The number of carboxylic acids is 1. The number of carbonyl (C=O) groups is 2. The highest BCUT2D eigenvalue weighted by Crippen LogP contribution is 2.76. The van der Waals surface area contributed by atoms with Crippen LogP contribution < -0.4 is 5.32 Å². The number of carbonyl (C=O) groups excluding carboxylic acids is 1. The van der Waals surface area contributed by atoms with Crippen molar-refractivity contribution in [1.82, 2.24) is 10.2 Å². The van der Waals surface area contributed by atoms with E-state index in [4.69, 9.17) is 0 Å². The standard InChI is InChI=1S/C42H60N2O5S/c1-27(2)30-14-19-42(43-35(45)26-44-22-24-50(48,49)25-23-44)21-20-40(6)32(36(30)42)12-13-34-39(5)17-15-31(28-8-10-29(11-9-28)37(46)47)38(3,4)33(39)16-18-41(34,40)7/h8-11,15,30,32-34,36H,1,12-14,16-26H2,2-7H3,(H,43,45)(H,46,47). The summed E-state index contributed by atoms with van der Waals surface area (Å²) in [6, 6.07) is 7.50. The number of benzene rings is 1. The van der Waals surface area contributed by atoms with Crippen LogP contribution in [0.15, 0.2) is 42.5 Å². The molecule has 0 spiro atoms. The maximum atomic E-state index is 13.8. The van der Waals surface area contributed by atoms with Crippen LogP contribution in [0.4, 0.5) is 0 Å². The van der Waals surface area contributed by atoms with Crippen molar-refractivity contribution in [2.24, 2.45) is 51.2 Å². The van der Waals surface area contributed by atoms with Crippen LogP contribution in [0, 0.1) is 51.2 Å². The van der Waals surface area contributed by atoms with Crippen molar-refractivity contribution in [1.29, 1.82) is 0 Å². The molecule has 1 saturated heterocycles. The molecular weight excluding hydrogens is 645 g/mol. The molecule has 1 aromatic rings. The molecule has 1 heterocycles. The van der Waals surface area contributed by atoms with Gasteiger partial charge in [0.1, 0.15) is 0 Å². The van der Waals surface area contributed by atoms with Gasteiger partial charge in [-0.25, -0.2) is 13.2 Å². The van der Waals surface area contributed by atoms with E-state index < -0.39 is 15.8 Å². The van der Waals surface area contributed by atoms with Crippen molar-refractivity contribution in [2.75, 3.05) is 31.1 Å². The van der Waals surface area contributed by atoms with Gasteiger partial charge < -0.3 is 10.4 Å². The van der Waals surface area contributed by atoms with Crippen molar-refractivity contribution in [3.05, 3.63) is 53.6 Å². The number of rotatable bonds is 6. The Hall–Kier alpha value is -2.45. The molecule has 6 aliphatic rings. The molecular formula is C42H60N2O5S. The van der Waals surface area contributed by atoms with Crippen LogP contribution in [-0.4, -0.2) is 67.0 Å². The molecule has 8 heteroatoms. The number of hydrogen-bond acceptors (Lipinski definition) is 5. The van der Waals surface area contributed by atoms with Crippen LogP contribution in [0.1, 0.15) is 115 Å². The van der Waals surface area contributed by atoms with E-state index in [0.717, 1.165) is 37.7 Å². The molecule has 7 rings (SSSR count). The highest BCUT2D eigenvalue weighted by atomic mass is 32.2. The zero-order chi connectivity index (χ0) is 36.1. The summed E-state index contributed by atoms with van der Waals surface area (Å²) in [6.45, 7) is 20.6. The largest absolute Gasteiger partial charge is 0.478 e. The summed E-state index contributed by atoms with van der Waals surface area (Å²) in [4.78, 5) is 27.3. The first-order chi connectivity index (χ1) is 23.4. The zero-order valence-electron chi connectivity index (χ0n) is 31.3. The number of aromatic carboxylic acids is 1. The molecule has 1 aliphatic heterocycles. The summed E-state index contributed by atoms with van der Waals surface area (Å²) in [5.74, 6) is 1.87. The van der Waals surface area contributed by atoms with Gasteiger partial charge in [0, 0.05) is 18.6 Å². The fraction of sp³-hybridized carbons (Fsp3) is 0.714. The highest BCUT2D eigenvalue weighted by molar-refractivity contribution is 7.91. The molecule has 0 bridgehead atoms. The molecule has 7 nitrogen and oxygen atoms in total. The maximum Gasteiger partial charge on any atom is 0.335 e. The van der Waals surface area contributed by atoms with Crippen LogP contribution >= 0.6 is 0 Å². The first-order valence-electron chi connectivity index (χ1n) is 19.3. The average molecular weight is 705 g/mol. The number of nitrogens with one attached hydrogen (secondary N) is 1. The van der Waals surface area contributed by atoms with Gasteiger partial charge in [-0.15, -0.1) is 0 Å². The van der Waals surface area contributed by atoms with Crippen molar-refractivity contribution in [3.63, 3.8) is 0 Å². The van der Waals surface area contributed by atoms with E-state index in [0.29, 0.717) is 48.2 Å². The molecule has 0 radical (unpaired) electrons. The second-order valence-electron chi connectivity index (χ2n) is 18.7. The van der Waals surface area contributed by atoms with Gasteiger partial charge in [-0.2, -0.15) is 0 Å². The third kappa shape index (κ3) is 5.39. The Morgan fingerprint density at radius 3 is 2.22 bits per heavy atom. The van der Waals surface area contributed by atoms with Crippen molar-refractivity contribution < 1.29 is 23.1 Å². The monoisotopic (exact) mass is 704 g/mol. The second-order valence-corrected chi connectivity index (χ2v) is 21.0. The number of allylic oxidation sites excluding steroid dienone is 3. The first kappa shape index (κ1) is 35.9. The Bertz CT molecular complexity index is 1700. The number of fused-ring (bicyclic) bond motifs is 7. The second kappa shape index (κ2) is 12.0. The summed E-state index contributed by atoms with van der Waals surface area (Å²) < 4.78 is 24.0. The topological polar surface area (TPSA) is 104 Å². The minimum Gasteiger partial charge on any atom is -0.478 e. The summed E-state index contributed by atoms with van der Waals surface area (Å²) >= 11 is 0. The molecule has 9 unspecified atom stereocenters. The number of amides is 1. The quantitative estimate of drug-likeness (QED) is 0.295. The number of sulfone groups is 1. The third-order valence-electron chi connectivity index (χ3n) is 16.3. The molecule has 1 amide bonds. The average Bonchev–Trinajstić information content (AvgIpc) is 3.42. The number of carboxylic acid groups (broad SMARTS) is 1. The molecule has 1 aromatic carbocycles. The van der Waals surface area contributed by atoms with Gasteiger partial charge in [0.25, 0.3) is 0 Å². The lowest BCUT2D eigenvalue weighted by molar-refractivity contribution is -0.219. The van der Waals surface area contributed by atoms with Gasteiger partial charge in [-0.3, -0.25) is 9.69 Å². The minimum absolute atomic E-state index is 0.0299. The SMILES string of the molecule is C=C(C)C1CCC2(NC(=O)CN3CCS(=O)(=O)CC3)CCC3(C)C(CCC4C5(C)CC=C(c6ccc(C(=O)O)cc6)C(C)(C)C5CCC43C)C12. The predicted molar refractivity (Wildman–Crippen MR) is 199 cm³/mol. The fourth-order valence-electron chi connectivity index (χ4n) is 13.7. The van der Waals surface area contributed by atoms with Gasteiger partial charge in [-0.1, -0.05) is 65.0 Å². The summed E-state index contributed by atoms with van der Waals surface area (Å²) in [5, 5.41) is 13.1. The lowest BCUT2D eigenvalue weighted by atomic mass is 9.33. The van der Waals surface area contributed by atoms with Gasteiger partial charge in [-0.05, 0) is 139 Å². The van der Waals surface area contributed by atoms with E-state index in [2.05, 4.69) is 59.5 Å². The Morgan fingerprint density at radius 1 is 0.900 bits per heavy atom. The first-order valence-corrected chi connectivity index (χ1v) is 21.1. The molecule has 9 atom stereocenters. The van der Waals surface area contributed by atoms with E-state index in [9.17, 15) is 23.1 Å². The Balaban J connectivity index is 1.16. The van der Waals surface area contributed by atoms with Crippen LogP contribution in [0.25, 0.3) is 5.57 Å². The van der Waals surface area contributed by atoms with Gasteiger partial charge in [0.15, 0.2) is 9.84 Å². The molecule has 274 valence electrons. The van der Waals surface area contributed by atoms with E-state index in [1.165, 1.54) is 36.8 Å². The molecule has 0 aromatic heterocycles. The lowest BCUT2D eigenvalue weighted by Crippen LogP contribution is -2.68. The van der Waals surface area contributed by atoms with E-state index >= 15 is 0 Å². The Kier molecular flexibility index (Phi) is 8.65. The van der Waals surface area contributed by atoms with Crippen molar-refractivity contribution in [3.8, 4) is 0 Å². The van der Waals surface area contributed by atoms with Crippen molar-refractivity contribution in [2.45, 2.75) is 105 Å². The Morgan fingerprint density at radius 2 is 1.58 bits per heavy atom. The van der Waals surface area contributed by atoms with E-state index in [1.807, 2.05) is 17.0 Å². The Labute approximate surface area is 300 Å². The maximum absolute atomic E-state index is 13.8. The predicted octanol–water partition coefficient (Wildman–Crippen LogP) is 7.63. The fourth-order valence-corrected chi connectivity index (χ4v) is 15.0. The number of nitrogens with zero attached hydrogens (tertiary/aromatic N) is 1. The summed E-state index contributed by atoms with van der Waals surface area (Å²) in [5.41, 5.74) is 4.35. The zero-order valence-corrected chi connectivity index (χ0v) is 32.1. The molecule has 50 heavy (non-hydrogen) atoms. The third-order valence-corrected chi connectivity index (χ3v) is 17.9. The molecule has 5 fully saturated rings. The molecule has 2 N–H and O–H groups in total. The van der Waals surface area contributed by atoms with Crippen LogP contribution in [-0.2, 0) is 14.6 Å². The van der Waals surface area contributed by atoms with Gasteiger partial charge in [0.2, 0.25) is 5.91 Å². The van der Waals surface area contributed by atoms with Crippen LogP contribution in [0.2, 0.25) is 0 Å². The smallest absolute Gasteiger partial charge is 0.335 e. The molecule has 5 aliphatic carbocycles. The minimum atomic E-state index is -2.99. The van der Waals surface area contributed by atoms with Gasteiger partial charge in [0.05, 0.1) is 23.6 Å². The van der Waals surface area contributed by atoms with Crippen LogP contribution in [0.5, 0.6) is 0 Å². The number of hydrogen-bond donors (Lipinski definition) is 2. The highest BCUT2D eigenvalue weighted by Gasteiger charge is 2.70. The normalized spacial score (nSPS) is 41.8. The van der Waals surface area contributed by atoms with Crippen molar-refractivity contribution >= 4 is 27.3 Å². The summed E-state index contributed by atoms with van der Waals surface area (Å²) in [7, 11) is -2.99. The lowest BCUT2D eigenvalue weighted by Gasteiger charge is -2.72. The van der Waals surface area contributed by atoms with E-state index in [-0.39, 0.29) is 51.2 Å². The van der Waals surface area contributed by atoms with Gasteiger partial charge >= 0.3 is 5.97 Å². The van der Waals surface area contributed by atoms with E-state index in [1.54, 1.807) is 12.1 Å².